The van der Waals surface area contributed by atoms with Crippen LogP contribution < -0.4 is 0 Å². The van der Waals surface area contributed by atoms with Crippen molar-refractivity contribution in [2.45, 2.75) is 31.6 Å². The lowest BCUT2D eigenvalue weighted by Gasteiger charge is -2.34. The highest BCUT2D eigenvalue weighted by Crippen LogP contribution is 2.27. The molecule has 2 aliphatic rings. The lowest BCUT2D eigenvalue weighted by atomic mass is 9.89. The fourth-order valence-corrected chi connectivity index (χ4v) is 3.66. The van der Waals surface area contributed by atoms with Gasteiger partial charge in [-0.2, -0.15) is 0 Å². The highest BCUT2D eigenvalue weighted by Gasteiger charge is 2.24. The van der Waals surface area contributed by atoms with E-state index in [1.54, 1.807) is 12.1 Å². The maximum absolute atomic E-state index is 11.7. The summed E-state index contributed by atoms with van der Waals surface area (Å²) in [7, 11) is 0. The summed E-state index contributed by atoms with van der Waals surface area (Å²) in [5.41, 5.74) is 1.48. The summed E-state index contributed by atoms with van der Waals surface area (Å²) in [5.74, 6) is -0.197. The Morgan fingerprint density at radius 2 is 2.09 bits per heavy atom. The van der Waals surface area contributed by atoms with Crippen molar-refractivity contribution >= 4 is 11.9 Å². The number of benzene rings is 1. The van der Waals surface area contributed by atoms with E-state index in [-0.39, 0.29) is 5.91 Å². The Hall–Kier alpha value is -1.88. The van der Waals surface area contributed by atoms with E-state index >= 15 is 0 Å². The average Bonchev–Trinajstić information content (AvgIpc) is 2.98. The smallest absolute Gasteiger partial charge is 0.335 e. The summed E-state index contributed by atoms with van der Waals surface area (Å²) < 4.78 is 0. The van der Waals surface area contributed by atoms with Gasteiger partial charge < -0.3 is 14.9 Å². The van der Waals surface area contributed by atoms with Crippen LogP contribution in [0.3, 0.4) is 0 Å². The standard InChI is InChI=1S/C18H24N2O3/c21-17-7-3-9-20(17)11-10-19-8-2-6-16(13-19)14-4-1-5-15(12-14)18(22)23/h1,4-5,12,16H,2-3,6-11,13H2,(H,22,23). The molecule has 5 nitrogen and oxygen atoms in total. The number of amides is 1. The zero-order chi connectivity index (χ0) is 16.2. The lowest BCUT2D eigenvalue weighted by Crippen LogP contribution is -2.40. The van der Waals surface area contributed by atoms with E-state index in [1.807, 2.05) is 17.0 Å². The molecular formula is C18H24N2O3. The van der Waals surface area contributed by atoms with Crippen LogP contribution in [-0.2, 0) is 4.79 Å². The summed E-state index contributed by atoms with van der Waals surface area (Å²) in [4.78, 5) is 27.2. The van der Waals surface area contributed by atoms with Crippen molar-refractivity contribution in [2.75, 3.05) is 32.7 Å². The highest BCUT2D eigenvalue weighted by atomic mass is 16.4. The molecular weight excluding hydrogens is 292 g/mol. The molecule has 2 heterocycles. The maximum atomic E-state index is 11.7. The number of likely N-dealkylation sites (tertiary alicyclic amines) is 2. The van der Waals surface area contributed by atoms with Crippen LogP contribution in [-0.4, -0.2) is 59.5 Å². The van der Waals surface area contributed by atoms with Crippen molar-refractivity contribution in [3.05, 3.63) is 35.4 Å². The molecule has 124 valence electrons. The van der Waals surface area contributed by atoms with Crippen molar-refractivity contribution in [1.29, 1.82) is 0 Å². The van der Waals surface area contributed by atoms with E-state index in [4.69, 9.17) is 5.11 Å². The first-order valence-electron chi connectivity index (χ1n) is 8.47. The number of aromatic carboxylic acids is 1. The molecule has 1 atom stereocenters. The van der Waals surface area contributed by atoms with Gasteiger partial charge in [-0.15, -0.1) is 0 Å². The largest absolute Gasteiger partial charge is 0.478 e. The Morgan fingerprint density at radius 3 is 2.83 bits per heavy atom. The Bertz CT molecular complexity index is 587. The molecule has 5 heteroatoms. The zero-order valence-electron chi connectivity index (χ0n) is 13.4. The van der Waals surface area contributed by atoms with Gasteiger partial charge in [-0.3, -0.25) is 4.79 Å². The highest BCUT2D eigenvalue weighted by molar-refractivity contribution is 5.87. The molecule has 0 bridgehead atoms. The third kappa shape index (κ3) is 3.91. The van der Waals surface area contributed by atoms with Crippen LogP contribution in [0.25, 0.3) is 0 Å². The first kappa shape index (κ1) is 16.0. The van der Waals surface area contributed by atoms with Gasteiger partial charge in [-0.25, -0.2) is 4.79 Å². The predicted octanol–water partition coefficient (Wildman–Crippen LogP) is 2.19. The van der Waals surface area contributed by atoms with Crippen molar-refractivity contribution in [2.24, 2.45) is 0 Å². The predicted molar refractivity (Wildman–Crippen MR) is 87.6 cm³/mol. The Balaban J connectivity index is 1.58. The Morgan fingerprint density at radius 1 is 1.22 bits per heavy atom. The summed E-state index contributed by atoms with van der Waals surface area (Å²) in [6.45, 7) is 4.65. The maximum Gasteiger partial charge on any atom is 0.335 e. The molecule has 2 saturated heterocycles. The first-order valence-corrected chi connectivity index (χ1v) is 8.47. The number of nitrogens with zero attached hydrogens (tertiary/aromatic N) is 2. The van der Waals surface area contributed by atoms with Crippen molar-refractivity contribution in [1.82, 2.24) is 9.80 Å². The van der Waals surface area contributed by atoms with Crippen molar-refractivity contribution in [3.8, 4) is 0 Å². The first-order chi connectivity index (χ1) is 11.1. The second kappa shape index (κ2) is 7.13. The minimum absolute atomic E-state index is 0.285. The van der Waals surface area contributed by atoms with Crippen LogP contribution in [0.1, 0.15) is 47.5 Å². The van der Waals surface area contributed by atoms with E-state index in [0.717, 1.165) is 57.5 Å². The molecule has 0 aliphatic carbocycles. The number of piperidine rings is 1. The van der Waals surface area contributed by atoms with Gasteiger partial charge >= 0.3 is 5.97 Å². The van der Waals surface area contributed by atoms with Gasteiger partial charge in [-0.1, -0.05) is 12.1 Å². The molecule has 2 fully saturated rings. The van der Waals surface area contributed by atoms with E-state index < -0.39 is 5.97 Å². The molecule has 1 aromatic rings. The summed E-state index contributed by atoms with van der Waals surface area (Å²) in [5, 5.41) is 9.14. The van der Waals surface area contributed by atoms with Crippen LogP contribution in [0, 0.1) is 0 Å². The summed E-state index contributed by atoms with van der Waals surface area (Å²) in [6, 6.07) is 7.32. The topological polar surface area (TPSA) is 60.9 Å². The molecule has 0 saturated carbocycles. The van der Waals surface area contributed by atoms with Gasteiger partial charge in [0, 0.05) is 32.6 Å². The quantitative estimate of drug-likeness (QED) is 0.904. The zero-order valence-corrected chi connectivity index (χ0v) is 13.4. The Labute approximate surface area is 136 Å². The fourth-order valence-electron chi connectivity index (χ4n) is 3.66. The molecule has 2 aliphatic heterocycles. The molecule has 1 N–H and O–H groups in total. The summed E-state index contributed by atoms with van der Waals surface area (Å²) >= 11 is 0. The van der Waals surface area contributed by atoms with Crippen LogP contribution in [0.2, 0.25) is 0 Å². The van der Waals surface area contributed by atoms with Crippen LogP contribution >= 0.6 is 0 Å². The minimum Gasteiger partial charge on any atom is -0.478 e. The molecule has 0 aromatic heterocycles. The molecule has 0 spiro atoms. The lowest BCUT2D eigenvalue weighted by molar-refractivity contribution is -0.127. The summed E-state index contributed by atoms with van der Waals surface area (Å²) in [6.07, 6.45) is 3.91. The third-order valence-electron chi connectivity index (χ3n) is 4.97. The van der Waals surface area contributed by atoms with Crippen molar-refractivity contribution < 1.29 is 14.7 Å². The molecule has 1 amide bonds. The van der Waals surface area contributed by atoms with Gasteiger partial charge in [0.25, 0.3) is 0 Å². The molecule has 0 radical (unpaired) electrons. The Kier molecular flexibility index (Phi) is 4.96. The fraction of sp³-hybridized carbons (Fsp3) is 0.556. The third-order valence-corrected chi connectivity index (χ3v) is 4.97. The monoisotopic (exact) mass is 316 g/mol. The SMILES string of the molecule is O=C(O)c1cccc(C2CCCN(CCN3CCCC3=O)C2)c1. The van der Waals surface area contributed by atoms with Crippen molar-refractivity contribution in [3.63, 3.8) is 0 Å². The van der Waals surface area contributed by atoms with Crippen LogP contribution in [0.15, 0.2) is 24.3 Å². The van der Waals surface area contributed by atoms with Crippen LogP contribution in [0.4, 0.5) is 0 Å². The van der Waals surface area contributed by atoms with E-state index in [0.29, 0.717) is 17.9 Å². The van der Waals surface area contributed by atoms with E-state index in [2.05, 4.69) is 4.90 Å². The normalized spacial score (nSPS) is 22.5. The van der Waals surface area contributed by atoms with Gasteiger partial charge in [0.15, 0.2) is 0 Å². The van der Waals surface area contributed by atoms with Gasteiger partial charge in [0.05, 0.1) is 5.56 Å². The number of carbonyl (C=O) groups is 2. The van der Waals surface area contributed by atoms with E-state index in [1.165, 1.54) is 0 Å². The van der Waals surface area contributed by atoms with Gasteiger partial charge in [0.2, 0.25) is 5.91 Å². The number of hydrogen-bond acceptors (Lipinski definition) is 3. The number of rotatable bonds is 5. The molecule has 3 rings (SSSR count). The minimum atomic E-state index is -0.868. The number of carboxylic acids is 1. The number of carbonyl (C=O) groups excluding carboxylic acids is 1. The van der Waals surface area contributed by atoms with Gasteiger partial charge in [-0.05, 0) is 49.4 Å². The molecule has 1 aromatic carbocycles. The number of hydrogen-bond donors (Lipinski definition) is 1. The second-order valence-electron chi connectivity index (χ2n) is 6.55. The second-order valence-corrected chi connectivity index (χ2v) is 6.55. The van der Waals surface area contributed by atoms with Crippen LogP contribution in [0.5, 0.6) is 0 Å². The molecule has 23 heavy (non-hydrogen) atoms. The number of carboxylic acid groups (broad SMARTS) is 1. The van der Waals surface area contributed by atoms with Gasteiger partial charge in [0.1, 0.15) is 0 Å². The molecule has 1 unspecified atom stereocenters. The average molecular weight is 316 g/mol. The van der Waals surface area contributed by atoms with E-state index in [9.17, 15) is 9.59 Å².